The van der Waals surface area contributed by atoms with Gasteiger partial charge in [-0.15, -0.1) is 0 Å². The lowest BCUT2D eigenvalue weighted by atomic mass is 10.0. The van der Waals surface area contributed by atoms with Crippen LogP contribution in [-0.4, -0.2) is 29.1 Å². The molecule has 0 aliphatic heterocycles. The number of benzene rings is 3. The summed E-state index contributed by atoms with van der Waals surface area (Å²) in [7, 11) is 3.56. The fourth-order valence-electron chi connectivity index (χ4n) is 4.48. The van der Waals surface area contributed by atoms with Gasteiger partial charge in [0.25, 0.3) is 5.91 Å². The number of methoxy groups -OCH3 is 1. The summed E-state index contributed by atoms with van der Waals surface area (Å²) in [4.78, 5) is 16.7. The van der Waals surface area contributed by atoms with E-state index in [1.54, 1.807) is 7.11 Å². The number of aryl methyl sites for hydroxylation is 1. The van der Waals surface area contributed by atoms with Gasteiger partial charge < -0.3 is 19.6 Å². The van der Waals surface area contributed by atoms with E-state index >= 15 is 0 Å². The van der Waals surface area contributed by atoms with Gasteiger partial charge in [-0.2, -0.15) is 0 Å². The second-order valence-electron chi connectivity index (χ2n) is 8.18. The first-order chi connectivity index (χ1) is 16.5. The van der Waals surface area contributed by atoms with Crippen LogP contribution in [0.25, 0.3) is 32.9 Å². The van der Waals surface area contributed by atoms with Gasteiger partial charge in [0.2, 0.25) is 0 Å². The minimum absolute atomic E-state index is 0.141. The summed E-state index contributed by atoms with van der Waals surface area (Å²) >= 11 is 12.4. The second-order valence-corrected chi connectivity index (χ2v) is 9.06. The molecule has 5 aromatic rings. The van der Waals surface area contributed by atoms with Crippen molar-refractivity contribution < 1.29 is 9.53 Å². The Bertz CT molecular complexity index is 1520. The number of hydrogen-bond acceptors (Lipinski definition) is 2. The van der Waals surface area contributed by atoms with Crippen LogP contribution in [0.2, 0.25) is 10.0 Å². The first kappa shape index (κ1) is 22.4. The molecule has 0 radical (unpaired) electrons. The lowest BCUT2D eigenvalue weighted by molar-refractivity contribution is 0.0947. The van der Waals surface area contributed by atoms with Crippen LogP contribution in [0.5, 0.6) is 5.75 Å². The summed E-state index contributed by atoms with van der Waals surface area (Å²) in [5.74, 6) is 0.663. The van der Waals surface area contributed by atoms with Gasteiger partial charge in [0, 0.05) is 57.2 Å². The Labute approximate surface area is 207 Å². The highest BCUT2D eigenvalue weighted by atomic mass is 35.5. The van der Waals surface area contributed by atoms with E-state index in [2.05, 4.69) is 10.3 Å². The highest BCUT2D eigenvalue weighted by Crippen LogP contribution is 2.36. The monoisotopic (exact) mass is 491 g/mol. The molecule has 0 atom stereocenters. The van der Waals surface area contributed by atoms with Crippen LogP contribution in [0.4, 0.5) is 0 Å². The molecular formula is C27H23Cl2N3O2. The topological polar surface area (TPSA) is 59.0 Å². The Kier molecular flexibility index (Phi) is 5.98. The molecular weight excluding hydrogens is 469 g/mol. The molecule has 0 unspecified atom stereocenters. The van der Waals surface area contributed by atoms with Gasteiger partial charge >= 0.3 is 0 Å². The van der Waals surface area contributed by atoms with Crippen molar-refractivity contribution in [2.24, 2.45) is 7.05 Å². The van der Waals surface area contributed by atoms with E-state index in [4.69, 9.17) is 27.9 Å². The lowest BCUT2D eigenvalue weighted by Crippen LogP contribution is -2.28. The minimum atomic E-state index is -0.141. The van der Waals surface area contributed by atoms with Gasteiger partial charge in [0.05, 0.1) is 7.11 Å². The number of carbonyl (C=O) groups is 1. The van der Waals surface area contributed by atoms with Crippen LogP contribution in [-0.2, 0) is 13.5 Å². The zero-order valence-corrected chi connectivity index (χ0v) is 20.3. The van der Waals surface area contributed by atoms with Crippen molar-refractivity contribution in [2.75, 3.05) is 13.7 Å². The Balaban J connectivity index is 1.46. The third-order valence-electron chi connectivity index (χ3n) is 6.16. The predicted octanol–water partition coefficient (Wildman–Crippen LogP) is 6.61. The third kappa shape index (κ3) is 4.02. The van der Waals surface area contributed by atoms with E-state index in [1.165, 1.54) is 0 Å². The Morgan fingerprint density at radius 1 is 1.00 bits per heavy atom. The average Bonchev–Trinajstić information content (AvgIpc) is 3.37. The molecule has 5 nitrogen and oxygen atoms in total. The van der Waals surface area contributed by atoms with E-state index < -0.39 is 0 Å². The van der Waals surface area contributed by atoms with Crippen molar-refractivity contribution in [2.45, 2.75) is 6.42 Å². The molecule has 5 rings (SSSR count). The van der Waals surface area contributed by atoms with Gasteiger partial charge in [-0.3, -0.25) is 4.79 Å². The molecule has 0 saturated carbocycles. The van der Waals surface area contributed by atoms with Crippen molar-refractivity contribution in [3.05, 3.63) is 88.2 Å². The summed E-state index contributed by atoms with van der Waals surface area (Å²) < 4.78 is 7.27. The van der Waals surface area contributed by atoms with Gasteiger partial charge in [0.1, 0.15) is 11.4 Å². The molecule has 2 heterocycles. The van der Waals surface area contributed by atoms with Crippen molar-refractivity contribution in [3.63, 3.8) is 0 Å². The number of aromatic nitrogens is 2. The molecule has 0 fully saturated rings. The number of ether oxygens (including phenoxy) is 1. The largest absolute Gasteiger partial charge is 0.497 e. The summed E-state index contributed by atoms with van der Waals surface area (Å²) in [5.41, 5.74) is 5.43. The second kappa shape index (κ2) is 9.09. The van der Waals surface area contributed by atoms with Crippen molar-refractivity contribution in [1.29, 1.82) is 0 Å². The van der Waals surface area contributed by atoms with Crippen molar-refractivity contribution in [3.8, 4) is 16.9 Å². The van der Waals surface area contributed by atoms with Gasteiger partial charge in [0.15, 0.2) is 0 Å². The number of fused-ring (bicyclic) bond motifs is 2. The number of rotatable bonds is 6. The number of aromatic amines is 1. The van der Waals surface area contributed by atoms with Crippen LogP contribution in [0.15, 0.2) is 66.9 Å². The van der Waals surface area contributed by atoms with Gasteiger partial charge in [-0.1, -0.05) is 35.3 Å². The smallest absolute Gasteiger partial charge is 0.268 e. The molecule has 1 amide bonds. The number of amides is 1. The lowest BCUT2D eigenvalue weighted by Gasteiger charge is -2.10. The fraction of sp³-hybridized carbons (Fsp3) is 0.148. The van der Waals surface area contributed by atoms with Gasteiger partial charge in [-0.25, -0.2) is 0 Å². The number of H-pyrrole nitrogens is 1. The molecule has 0 bridgehead atoms. The quantitative estimate of drug-likeness (QED) is 0.280. The van der Waals surface area contributed by atoms with Crippen molar-refractivity contribution >= 4 is 50.9 Å². The van der Waals surface area contributed by atoms with Crippen LogP contribution in [0.1, 0.15) is 16.1 Å². The Hall–Kier alpha value is -3.41. The summed E-state index contributed by atoms with van der Waals surface area (Å²) in [6.07, 6.45) is 2.67. The molecule has 34 heavy (non-hydrogen) atoms. The number of carbonyl (C=O) groups excluding carboxylic acids is 1. The molecule has 0 saturated heterocycles. The Morgan fingerprint density at radius 2 is 1.76 bits per heavy atom. The number of nitrogens with one attached hydrogen (secondary N) is 2. The summed E-state index contributed by atoms with van der Waals surface area (Å²) in [5, 5.41) is 6.38. The summed E-state index contributed by atoms with van der Waals surface area (Å²) in [6.45, 7) is 0.491. The zero-order valence-electron chi connectivity index (χ0n) is 18.8. The molecule has 3 aromatic carbocycles. The highest BCUT2D eigenvalue weighted by molar-refractivity contribution is 6.32. The molecule has 2 N–H and O–H groups in total. The standard InChI is InChI=1S/C27H23Cl2N3O2/c1-32-24-10-7-19(29)13-22(24)25(16-3-5-18(28)6-4-16)26(32)27(33)30-12-11-17-15-31-23-9-8-20(34-2)14-21(17)23/h3-10,13-15,31H,11-12H2,1-2H3,(H,30,33). The van der Waals surface area contributed by atoms with Crippen LogP contribution < -0.4 is 10.1 Å². The molecule has 0 spiro atoms. The molecule has 0 aliphatic rings. The Morgan fingerprint density at radius 3 is 2.53 bits per heavy atom. The minimum Gasteiger partial charge on any atom is -0.497 e. The molecule has 0 aliphatic carbocycles. The van der Waals surface area contributed by atoms with Crippen LogP contribution in [0, 0.1) is 0 Å². The van der Waals surface area contributed by atoms with E-state index in [1.807, 2.05) is 78.5 Å². The van der Waals surface area contributed by atoms with E-state index in [0.717, 1.165) is 44.2 Å². The number of nitrogens with zero attached hydrogens (tertiary/aromatic N) is 1. The fourth-order valence-corrected chi connectivity index (χ4v) is 4.78. The van der Waals surface area contributed by atoms with E-state index in [9.17, 15) is 4.79 Å². The van der Waals surface area contributed by atoms with E-state index in [-0.39, 0.29) is 5.91 Å². The highest BCUT2D eigenvalue weighted by Gasteiger charge is 2.22. The van der Waals surface area contributed by atoms with Crippen LogP contribution >= 0.6 is 23.2 Å². The van der Waals surface area contributed by atoms with E-state index in [0.29, 0.717) is 28.7 Å². The van der Waals surface area contributed by atoms with Crippen molar-refractivity contribution in [1.82, 2.24) is 14.9 Å². The molecule has 172 valence electrons. The molecule has 7 heteroatoms. The number of hydrogen-bond donors (Lipinski definition) is 2. The average molecular weight is 492 g/mol. The van der Waals surface area contributed by atoms with Gasteiger partial charge in [-0.05, 0) is 66.1 Å². The maximum absolute atomic E-state index is 13.5. The first-order valence-electron chi connectivity index (χ1n) is 10.9. The summed E-state index contributed by atoms with van der Waals surface area (Å²) in [6, 6.07) is 19.1. The maximum Gasteiger partial charge on any atom is 0.268 e. The first-order valence-corrected chi connectivity index (χ1v) is 11.7. The molecule has 2 aromatic heterocycles. The predicted molar refractivity (Wildman–Crippen MR) is 139 cm³/mol. The number of halogens is 2. The third-order valence-corrected chi connectivity index (χ3v) is 6.65. The zero-order chi connectivity index (χ0) is 23.8. The SMILES string of the molecule is COc1ccc2[nH]cc(CCNC(=O)c3c(-c4ccc(Cl)cc4)c4cc(Cl)ccc4n3C)c2c1. The van der Waals surface area contributed by atoms with Crippen LogP contribution in [0.3, 0.4) is 0 Å². The maximum atomic E-state index is 13.5. The normalized spacial score (nSPS) is 11.3.